The maximum absolute atomic E-state index is 5.70. The van der Waals surface area contributed by atoms with Crippen LogP contribution < -0.4 is 10.5 Å². The van der Waals surface area contributed by atoms with E-state index in [2.05, 4.69) is 37.3 Å². The lowest BCUT2D eigenvalue weighted by atomic mass is 10.0. The molecule has 17 heavy (non-hydrogen) atoms. The van der Waals surface area contributed by atoms with Crippen molar-refractivity contribution in [3.63, 3.8) is 0 Å². The van der Waals surface area contributed by atoms with Crippen LogP contribution in [-0.4, -0.2) is 6.10 Å². The number of nitrogens with two attached hydrogens (primary N) is 1. The first-order valence-electron chi connectivity index (χ1n) is 5.88. The van der Waals surface area contributed by atoms with Gasteiger partial charge in [0.2, 0.25) is 0 Å². The Bertz CT molecular complexity index is 545. The summed E-state index contributed by atoms with van der Waals surface area (Å²) in [4.78, 5) is 0. The molecule has 1 unspecified atom stereocenters. The van der Waals surface area contributed by atoms with Crippen LogP contribution in [0.2, 0.25) is 0 Å². The number of hydrogen-bond donors (Lipinski definition) is 1. The van der Waals surface area contributed by atoms with Gasteiger partial charge in [-0.25, -0.2) is 0 Å². The molecule has 0 spiro atoms. The van der Waals surface area contributed by atoms with Gasteiger partial charge in [-0.3, -0.25) is 0 Å². The highest BCUT2D eigenvalue weighted by Gasteiger charge is 2.18. The Kier molecular flexibility index (Phi) is 2.29. The summed E-state index contributed by atoms with van der Waals surface area (Å²) in [5.41, 5.74) is 10.2. The summed E-state index contributed by atoms with van der Waals surface area (Å²) in [6.45, 7) is 2.10. The molecule has 86 valence electrons. The van der Waals surface area contributed by atoms with E-state index in [1.807, 2.05) is 12.1 Å². The van der Waals surface area contributed by atoms with Crippen LogP contribution in [0.1, 0.15) is 12.5 Å². The first-order chi connectivity index (χ1) is 8.22. The second kappa shape index (κ2) is 3.81. The Morgan fingerprint density at radius 2 is 1.76 bits per heavy atom. The van der Waals surface area contributed by atoms with E-state index in [4.69, 9.17) is 10.5 Å². The van der Waals surface area contributed by atoms with Gasteiger partial charge in [0, 0.05) is 12.1 Å². The summed E-state index contributed by atoms with van der Waals surface area (Å²) in [6.07, 6.45) is 1.30. The lowest BCUT2D eigenvalue weighted by Crippen LogP contribution is -2.05. The Balaban J connectivity index is 2.00. The highest BCUT2D eigenvalue weighted by Crippen LogP contribution is 2.32. The molecule has 0 fully saturated rings. The fourth-order valence-electron chi connectivity index (χ4n) is 2.28. The number of anilines is 1. The molecule has 2 aromatic rings. The number of ether oxygens (including phenoxy) is 1. The normalized spacial score (nSPS) is 17.6. The number of benzene rings is 2. The molecular formula is C15H15NO. The molecule has 0 saturated carbocycles. The van der Waals surface area contributed by atoms with E-state index < -0.39 is 0 Å². The van der Waals surface area contributed by atoms with Gasteiger partial charge in [-0.05, 0) is 47.9 Å². The Hall–Kier alpha value is -1.96. The molecule has 0 aliphatic carbocycles. The van der Waals surface area contributed by atoms with Crippen molar-refractivity contribution >= 4 is 5.69 Å². The molecular weight excluding hydrogens is 210 g/mol. The quantitative estimate of drug-likeness (QED) is 0.756. The molecule has 1 aliphatic heterocycles. The Morgan fingerprint density at radius 3 is 2.53 bits per heavy atom. The largest absolute Gasteiger partial charge is 0.490 e. The zero-order valence-corrected chi connectivity index (χ0v) is 9.81. The van der Waals surface area contributed by atoms with Crippen molar-refractivity contribution in [2.75, 3.05) is 5.73 Å². The van der Waals surface area contributed by atoms with Gasteiger partial charge in [0.15, 0.2) is 0 Å². The molecule has 2 nitrogen and oxygen atoms in total. The van der Waals surface area contributed by atoms with Crippen LogP contribution in [0.4, 0.5) is 5.69 Å². The number of nitrogen functional groups attached to an aromatic ring is 1. The highest BCUT2D eigenvalue weighted by molar-refractivity contribution is 5.67. The lowest BCUT2D eigenvalue weighted by Gasteiger charge is -2.05. The predicted octanol–water partition coefficient (Wildman–Crippen LogP) is 3.26. The van der Waals surface area contributed by atoms with Gasteiger partial charge in [0.25, 0.3) is 0 Å². The first-order valence-corrected chi connectivity index (χ1v) is 5.88. The van der Waals surface area contributed by atoms with E-state index in [9.17, 15) is 0 Å². The molecule has 3 rings (SSSR count). The van der Waals surface area contributed by atoms with Crippen molar-refractivity contribution in [1.82, 2.24) is 0 Å². The molecule has 2 N–H and O–H groups in total. The second-order valence-electron chi connectivity index (χ2n) is 4.58. The van der Waals surface area contributed by atoms with Crippen LogP contribution in [-0.2, 0) is 6.42 Å². The molecule has 0 saturated heterocycles. The van der Waals surface area contributed by atoms with Crippen LogP contribution in [0.25, 0.3) is 11.1 Å². The molecule has 0 bridgehead atoms. The van der Waals surface area contributed by atoms with E-state index in [0.717, 1.165) is 17.9 Å². The van der Waals surface area contributed by atoms with Gasteiger partial charge in [-0.1, -0.05) is 18.2 Å². The molecule has 2 heteroatoms. The standard InChI is InChI=1S/C15H15NO/c1-10-8-13-9-12(4-7-15(13)17-10)11-2-5-14(16)6-3-11/h2-7,9-10H,8,16H2,1H3. The Morgan fingerprint density at radius 1 is 1.06 bits per heavy atom. The Labute approximate surface area is 101 Å². The van der Waals surface area contributed by atoms with Crippen molar-refractivity contribution in [1.29, 1.82) is 0 Å². The van der Waals surface area contributed by atoms with E-state index in [1.54, 1.807) is 0 Å². The third-order valence-corrected chi connectivity index (χ3v) is 3.14. The zero-order valence-electron chi connectivity index (χ0n) is 9.81. The maximum Gasteiger partial charge on any atom is 0.123 e. The number of hydrogen-bond acceptors (Lipinski definition) is 2. The molecule has 1 heterocycles. The summed E-state index contributed by atoms with van der Waals surface area (Å²) in [6, 6.07) is 14.3. The van der Waals surface area contributed by atoms with E-state index in [0.29, 0.717) is 6.10 Å². The van der Waals surface area contributed by atoms with E-state index in [-0.39, 0.29) is 0 Å². The van der Waals surface area contributed by atoms with Crippen LogP contribution in [0.5, 0.6) is 5.75 Å². The number of fused-ring (bicyclic) bond motifs is 1. The van der Waals surface area contributed by atoms with E-state index in [1.165, 1.54) is 16.7 Å². The summed E-state index contributed by atoms with van der Waals surface area (Å²) in [5, 5.41) is 0. The van der Waals surface area contributed by atoms with Gasteiger partial charge in [-0.2, -0.15) is 0 Å². The van der Waals surface area contributed by atoms with Gasteiger partial charge in [-0.15, -0.1) is 0 Å². The topological polar surface area (TPSA) is 35.2 Å². The highest BCUT2D eigenvalue weighted by atomic mass is 16.5. The van der Waals surface area contributed by atoms with Gasteiger partial charge < -0.3 is 10.5 Å². The summed E-state index contributed by atoms with van der Waals surface area (Å²) < 4.78 is 5.70. The molecule has 0 aromatic heterocycles. The van der Waals surface area contributed by atoms with E-state index >= 15 is 0 Å². The SMILES string of the molecule is CC1Cc2cc(-c3ccc(N)cc3)ccc2O1. The van der Waals surface area contributed by atoms with Crippen LogP contribution in [0.3, 0.4) is 0 Å². The smallest absolute Gasteiger partial charge is 0.123 e. The average Bonchev–Trinajstić information content (AvgIpc) is 2.69. The fourth-order valence-corrected chi connectivity index (χ4v) is 2.28. The van der Waals surface area contributed by atoms with Crippen molar-refractivity contribution in [2.24, 2.45) is 0 Å². The minimum absolute atomic E-state index is 0.298. The third-order valence-electron chi connectivity index (χ3n) is 3.14. The monoisotopic (exact) mass is 225 g/mol. The van der Waals surface area contributed by atoms with Crippen molar-refractivity contribution in [3.05, 3.63) is 48.0 Å². The fraction of sp³-hybridized carbons (Fsp3) is 0.200. The molecule has 2 aromatic carbocycles. The van der Waals surface area contributed by atoms with Gasteiger partial charge in [0.1, 0.15) is 11.9 Å². The minimum atomic E-state index is 0.298. The zero-order chi connectivity index (χ0) is 11.8. The first kappa shape index (κ1) is 10.2. The molecule has 1 aliphatic rings. The van der Waals surface area contributed by atoms with Crippen LogP contribution in [0.15, 0.2) is 42.5 Å². The summed E-state index contributed by atoms with van der Waals surface area (Å²) >= 11 is 0. The minimum Gasteiger partial charge on any atom is -0.490 e. The molecule has 0 radical (unpaired) electrons. The third kappa shape index (κ3) is 1.86. The predicted molar refractivity (Wildman–Crippen MR) is 70.1 cm³/mol. The average molecular weight is 225 g/mol. The summed E-state index contributed by atoms with van der Waals surface area (Å²) in [5.74, 6) is 1.02. The van der Waals surface area contributed by atoms with Crippen LogP contribution >= 0.6 is 0 Å². The molecule has 0 amide bonds. The van der Waals surface area contributed by atoms with Gasteiger partial charge >= 0.3 is 0 Å². The molecule has 1 atom stereocenters. The van der Waals surface area contributed by atoms with Crippen LogP contribution in [0, 0.1) is 0 Å². The second-order valence-corrected chi connectivity index (χ2v) is 4.58. The van der Waals surface area contributed by atoms with Gasteiger partial charge in [0.05, 0.1) is 0 Å². The summed E-state index contributed by atoms with van der Waals surface area (Å²) in [7, 11) is 0. The van der Waals surface area contributed by atoms with Crippen molar-refractivity contribution in [3.8, 4) is 16.9 Å². The number of rotatable bonds is 1. The maximum atomic E-state index is 5.70. The lowest BCUT2D eigenvalue weighted by molar-refractivity contribution is 0.254. The van der Waals surface area contributed by atoms with Crippen molar-refractivity contribution < 1.29 is 4.74 Å². The van der Waals surface area contributed by atoms with Crippen molar-refractivity contribution in [2.45, 2.75) is 19.4 Å².